The monoisotopic (exact) mass is 460 g/mol. The van der Waals surface area contributed by atoms with Crippen LogP contribution in [0, 0.1) is 0 Å². The lowest BCUT2D eigenvalue weighted by Crippen LogP contribution is -2.04. The number of hydrogen-bond donors (Lipinski definition) is 1. The van der Waals surface area contributed by atoms with Crippen molar-refractivity contribution in [3.8, 4) is 0 Å². The number of hydrogen-bond acceptors (Lipinski definition) is 1. The van der Waals surface area contributed by atoms with E-state index in [1.165, 1.54) is 117 Å². The molecule has 0 unspecified atom stereocenters. The van der Waals surface area contributed by atoms with Crippen molar-refractivity contribution in [1.82, 2.24) is 4.57 Å². The van der Waals surface area contributed by atoms with Gasteiger partial charge in [-0.05, 0) is 51.2 Å². The van der Waals surface area contributed by atoms with E-state index in [0.717, 1.165) is 13.1 Å². The first kappa shape index (κ1) is 26.4. The van der Waals surface area contributed by atoms with Crippen molar-refractivity contribution >= 4 is 27.5 Å². The number of unbranched alkanes of at least 4 members (excludes halogenated alkanes) is 12. The van der Waals surface area contributed by atoms with Gasteiger partial charge in [0.2, 0.25) is 0 Å². The van der Waals surface area contributed by atoms with Gasteiger partial charge in [0, 0.05) is 29.4 Å². The number of anilines is 1. The zero-order valence-corrected chi connectivity index (χ0v) is 22.0. The second kappa shape index (κ2) is 15.6. The molecule has 3 aromatic rings. The van der Waals surface area contributed by atoms with Crippen LogP contribution < -0.4 is 5.32 Å². The third kappa shape index (κ3) is 7.93. The molecule has 2 heteroatoms. The molecule has 0 radical (unpaired) electrons. The van der Waals surface area contributed by atoms with Crippen molar-refractivity contribution in [1.29, 1.82) is 0 Å². The van der Waals surface area contributed by atoms with Gasteiger partial charge >= 0.3 is 0 Å². The van der Waals surface area contributed by atoms with E-state index in [4.69, 9.17) is 0 Å². The van der Waals surface area contributed by atoms with Crippen LogP contribution >= 0.6 is 0 Å². The van der Waals surface area contributed by atoms with Crippen molar-refractivity contribution < 1.29 is 0 Å². The van der Waals surface area contributed by atoms with Gasteiger partial charge in [0.1, 0.15) is 0 Å². The smallest absolute Gasteiger partial charge is 0.0726 e. The average molecular weight is 461 g/mol. The van der Waals surface area contributed by atoms with Gasteiger partial charge in [0.05, 0.1) is 11.2 Å². The summed E-state index contributed by atoms with van der Waals surface area (Å²) in [5, 5.41) is 6.47. The summed E-state index contributed by atoms with van der Waals surface area (Å²) in [5.41, 5.74) is 3.98. The van der Waals surface area contributed by atoms with Gasteiger partial charge in [-0.3, -0.25) is 0 Å². The van der Waals surface area contributed by atoms with E-state index in [9.17, 15) is 0 Å². The fraction of sp³-hybridized carbons (Fsp3) is 0.562. The standard InChI is InChI=1S/C32H48N2/c1-3-5-6-7-8-9-10-11-12-13-14-15-16-17-18-21-27-33-30-25-22-24-29-28-23-19-20-26-31(28)34(4-2)32(29)30/h11-12,19-20,22-26,33H,3-10,13-18,21,27H2,1-2H3/b12-11-. The molecule has 0 spiro atoms. The van der Waals surface area contributed by atoms with Gasteiger partial charge < -0.3 is 9.88 Å². The van der Waals surface area contributed by atoms with Crippen LogP contribution in [-0.2, 0) is 6.54 Å². The molecule has 0 amide bonds. The van der Waals surface area contributed by atoms with Gasteiger partial charge in [0.25, 0.3) is 0 Å². The molecule has 1 N–H and O–H groups in total. The maximum atomic E-state index is 3.74. The molecule has 0 fully saturated rings. The molecule has 2 nitrogen and oxygen atoms in total. The van der Waals surface area contributed by atoms with Crippen molar-refractivity contribution in [3.05, 3.63) is 54.6 Å². The summed E-state index contributed by atoms with van der Waals surface area (Å²) in [6, 6.07) is 15.5. The fourth-order valence-corrected chi connectivity index (χ4v) is 5.18. The maximum absolute atomic E-state index is 3.74. The molecule has 0 bridgehead atoms. The van der Waals surface area contributed by atoms with Gasteiger partial charge in [-0.25, -0.2) is 0 Å². The highest BCUT2D eigenvalue weighted by atomic mass is 15.0. The Kier molecular flexibility index (Phi) is 12.1. The second-order valence-corrected chi connectivity index (χ2v) is 9.83. The summed E-state index contributed by atoms with van der Waals surface area (Å²) in [6.07, 6.45) is 23.9. The molecule has 3 rings (SSSR count). The van der Waals surface area contributed by atoms with E-state index in [-0.39, 0.29) is 0 Å². The maximum Gasteiger partial charge on any atom is 0.0726 e. The number of allylic oxidation sites excluding steroid dienone is 2. The third-order valence-corrected chi connectivity index (χ3v) is 7.11. The van der Waals surface area contributed by atoms with Crippen LogP contribution in [0.2, 0.25) is 0 Å². The van der Waals surface area contributed by atoms with Gasteiger partial charge in [-0.2, -0.15) is 0 Å². The number of aromatic nitrogens is 1. The van der Waals surface area contributed by atoms with E-state index >= 15 is 0 Å². The van der Waals surface area contributed by atoms with E-state index in [2.05, 4.69) is 78.3 Å². The summed E-state index contributed by atoms with van der Waals surface area (Å²) in [4.78, 5) is 0. The summed E-state index contributed by atoms with van der Waals surface area (Å²) in [5.74, 6) is 0. The zero-order chi connectivity index (χ0) is 23.8. The molecule has 1 heterocycles. The summed E-state index contributed by atoms with van der Waals surface area (Å²) in [7, 11) is 0. The molecule has 186 valence electrons. The molecule has 0 saturated heterocycles. The van der Waals surface area contributed by atoms with Crippen LogP contribution in [0.15, 0.2) is 54.6 Å². The number of aryl methyl sites for hydroxylation is 1. The minimum atomic E-state index is 0.997. The van der Waals surface area contributed by atoms with Crippen molar-refractivity contribution in [2.75, 3.05) is 11.9 Å². The summed E-state index contributed by atoms with van der Waals surface area (Å²) < 4.78 is 2.45. The summed E-state index contributed by atoms with van der Waals surface area (Å²) in [6.45, 7) is 6.59. The van der Waals surface area contributed by atoms with Gasteiger partial charge in [-0.15, -0.1) is 0 Å². The molecule has 1 aromatic heterocycles. The number of nitrogens with zero attached hydrogens (tertiary/aromatic N) is 1. The van der Waals surface area contributed by atoms with Gasteiger partial charge in [-0.1, -0.05) is 107 Å². The lowest BCUT2D eigenvalue weighted by molar-refractivity contribution is 0.602. The lowest BCUT2D eigenvalue weighted by atomic mass is 10.1. The first-order valence-electron chi connectivity index (χ1n) is 14.3. The Hall–Kier alpha value is -2.22. The van der Waals surface area contributed by atoms with Crippen LogP contribution in [0.3, 0.4) is 0 Å². The van der Waals surface area contributed by atoms with Crippen molar-refractivity contribution in [2.24, 2.45) is 0 Å². The molecule has 34 heavy (non-hydrogen) atoms. The second-order valence-electron chi connectivity index (χ2n) is 9.83. The highest BCUT2D eigenvalue weighted by Crippen LogP contribution is 2.33. The highest BCUT2D eigenvalue weighted by Gasteiger charge is 2.12. The zero-order valence-electron chi connectivity index (χ0n) is 22.0. The molecule has 0 aliphatic carbocycles. The third-order valence-electron chi connectivity index (χ3n) is 7.11. The summed E-state index contributed by atoms with van der Waals surface area (Å²) >= 11 is 0. The number of para-hydroxylation sites is 2. The first-order chi connectivity index (χ1) is 16.9. The molecular weight excluding hydrogens is 412 g/mol. The van der Waals surface area contributed by atoms with Crippen LogP contribution in [0.4, 0.5) is 5.69 Å². The van der Waals surface area contributed by atoms with E-state index < -0.39 is 0 Å². The predicted octanol–water partition coefficient (Wildman–Crippen LogP) is 10.3. The lowest BCUT2D eigenvalue weighted by Gasteiger charge is -2.11. The number of fused-ring (bicyclic) bond motifs is 3. The number of benzene rings is 2. The molecule has 2 aromatic carbocycles. The SMILES string of the molecule is CCCCCCCC/C=C\CCCCCCCCNc1cccc2c3ccccc3n(CC)c12. The molecular formula is C32H48N2. The normalized spacial score (nSPS) is 11.8. The van der Waals surface area contributed by atoms with E-state index in [1.807, 2.05) is 0 Å². The van der Waals surface area contributed by atoms with Crippen molar-refractivity contribution in [2.45, 2.75) is 110 Å². The Balaban J connectivity index is 1.26. The van der Waals surface area contributed by atoms with Crippen LogP contribution in [0.1, 0.15) is 104 Å². The number of nitrogens with one attached hydrogen (secondary N) is 1. The Bertz CT molecular complexity index is 981. The van der Waals surface area contributed by atoms with Crippen LogP contribution in [0.5, 0.6) is 0 Å². The van der Waals surface area contributed by atoms with E-state index in [0.29, 0.717) is 0 Å². The predicted molar refractivity (Wildman–Crippen MR) is 153 cm³/mol. The Morgan fingerprint density at radius 1 is 0.647 bits per heavy atom. The van der Waals surface area contributed by atoms with Crippen LogP contribution in [0.25, 0.3) is 21.8 Å². The average Bonchev–Trinajstić information content (AvgIpc) is 3.20. The quantitative estimate of drug-likeness (QED) is 0.147. The minimum Gasteiger partial charge on any atom is -0.383 e. The highest BCUT2D eigenvalue weighted by molar-refractivity contribution is 6.11. The minimum absolute atomic E-state index is 0.997. The largest absolute Gasteiger partial charge is 0.383 e. The number of rotatable bonds is 18. The Labute approximate surface area is 208 Å². The fourth-order valence-electron chi connectivity index (χ4n) is 5.18. The molecule has 0 atom stereocenters. The van der Waals surface area contributed by atoms with E-state index in [1.54, 1.807) is 0 Å². The molecule has 0 aliphatic rings. The molecule has 0 saturated carbocycles. The van der Waals surface area contributed by atoms with Gasteiger partial charge in [0.15, 0.2) is 0 Å². The topological polar surface area (TPSA) is 17.0 Å². The Morgan fingerprint density at radius 2 is 1.26 bits per heavy atom. The van der Waals surface area contributed by atoms with Crippen molar-refractivity contribution in [3.63, 3.8) is 0 Å². The van der Waals surface area contributed by atoms with Crippen LogP contribution in [-0.4, -0.2) is 11.1 Å². The first-order valence-corrected chi connectivity index (χ1v) is 14.3. The Morgan fingerprint density at radius 3 is 1.97 bits per heavy atom. The molecule has 0 aliphatic heterocycles.